The Bertz CT molecular complexity index is 1470. The number of methoxy groups -OCH3 is 1. The Morgan fingerprint density at radius 1 is 1.13 bits per heavy atom. The van der Waals surface area contributed by atoms with Crippen LogP contribution in [0.5, 0.6) is 5.75 Å². The van der Waals surface area contributed by atoms with Crippen molar-refractivity contribution in [2.24, 2.45) is 0 Å². The first-order chi connectivity index (χ1) is 16.0. The highest BCUT2D eigenvalue weighted by Gasteiger charge is 2.11. The first kappa shape index (κ1) is 16.5. The average molecular weight is 413 g/mol. The van der Waals surface area contributed by atoms with Crippen LogP contribution in [0.1, 0.15) is 8.30 Å². The number of pyridine rings is 1. The van der Waals surface area contributed by atoms with Crippen LogP contribution in [0.4, 0.5) is 16.2 Å². The van der Waals surface area contributed by atoms with Crippen molar-refractivity contribution in [2.75, 3.05) is 17.7 Å². The van der Waals surface area contributed by atoms with Crippen LogP contribution in [-0.4, -0.2) is 27.7 Å². The van der Waals surface area contributed by atoms with Crippen molar-refractivity contribution in [3.63, 3.8) is 0 Å². The highest BCUT2D eigenvalue weighted by molar-refractivity contribution is 6.05. The standard InChI is InChI=1S/C24H21N5O2/c1-31-18-5-2-4-17(14-18)27-24(30)28-21-6-3-7-22-20(21)10-13-29(22)15-16-8-11-25-23-19(16)9-12-26-23/h2-14H,15H2,1H3,(H,25,26)(H2,27,28,30)/i15D2. The molecule has 0 saturated heterocycles. The Labute approximate surface area is 181 Å². The summed E-state index contributed by atoms with van der Waals surface area (Å²) in [5, 5.41) is 7.09. The number of nitrogens with zero attached hydrogens (tertiary/aromatic N) is 2. The predicted octanol–water partition coefficient (Wildman–Crippen LogP) is 5.22. The molecule has 2 amide bonds. The van der Waals surface area contributed by atoms with Crippen LogP contribution in [0.3, 0.4) is 0 Å². The van der Waals surface area contributed by atoms with E-state index in [-0.39, 0.29) is 0 Å². The fourth-order valence-corrected chi connectivity index (χ4v) is 3.55. The molecule has 0 spiro atoms. The molecule has 5 aromatic rings. The number of anilines is 2. The molecule has 31 heavy (non-hydrogen) atoms. The van der Waals surface area contributed by atoms with E-state index in [9.17, 15) is 4.79 Å². The molecular weight excluding hydrogens is 390 g/mol. The summed E-state index contributed by atoms with van der Waals surface area (Å²) < 4.78 is 24.6. The van der Waals surface area contributed by atoms with E-state index < -0.39 is 12.5 Å². The van der Waals surface area contributed by atoms with Gasteiger partial charge in [0.25, 0.3) is 0 Å². The van der Waals surface area contributed by atoms with Gasteiger partial charge in [-0.05, 0) is 48.0 Å². The number of aromatic nitrogens is 3. The molecule has 3 N–H and O–H groups in total. The number of urea groups is 1. The second-order valence-electron chi connectivity index (χ2n) is 6.95. The number of ether oxygens (including phenoxy) is 1. The quantitative estimate of drug-likeness (QED) is 0.369. The van der Waals surface area contributed by atoms with E-state index in [2.05, 4.69) is 20.6 Å². The molecular formula is C24H21N5O2. The first-order valence-electron chi connectivity index (χ1n) is 10.7. The molecule has 0 aliphatic carbocycles. The van der Waals surface area contributed by atoms with E-state index in [1.165, 1.54) is 0 Å². The predicted molar refractivity (Wildman–Crippen MR) is 123 cm³/mol. The summed E-state index contributed by atoms with van der Waals surface area (Å²) in [6, 6.07) is 17.4. The van der Waals surface area contributed by atoms with Crippen LogP contribution in [-0.2, 0) is 6.50 Å². The monoisotopic (exact) mass is 413 g/mol. The minimum absolute atomic E-state index is 0.408. The maximum absolute atomic E-state index is 12.6. The van der Waals surface area contributed by atoms with Crippen LogP contribution in [0, 0.1) is 0 Å². The number of benzene rings is 2. The normalized spacial score (nSPS) is 12.4. The van der Waals surface area contributed by atoms with Gasteiger partial charge in [0.2, 0.25) is 0 Å². The van der Waals surface area contributed by atoms with Crippen molar-refractivity contribution < 1.29 is 12.3 Å². The molecule has 0 aliphatic rings. The second kappa shape index (κ2) is 7.87. The van der Waals surface area contributed by atoms with E-state index in [1.807, 2.05) is 12.1 Å². The van der Waals surface area contributed by atoms with Gasteiger partial charge in [0.05, 0.1) is 21.1 Å². The van der Waals surface area contributed by atoms with Crippen molar-refractivity contribution in [3.8, 4) is 5.75 Å². The number of aromatic amines is 1. The number of nitrogens with one attached hydrogen (secondary N) is 3. The van der Waals surface area contributed by atoms with E-state index in [4.69, 9.17) is 7.48 Å². The zero-order valence-corrected chi connectivity index (χ0v) is 16.7. The Morgan fingerprint density at radius 3 is 2.94 bits per heavy atom. The fourth-order valence-electron chi connectivity index (χ4n) is 3.55. The topological polar surface area (TPSA) is 84.0 Å². The van der Waals surface area contributed by atoms with Gasteiger partial charge >= 0.3 is 6.03 Å². The third-order valence-electron chi connectivity index (χ3n) is 5.01. The van der Waals surface area contributed by atoms with E-state index in [0.29, 0.717) is 33.9 Å². The molecule has 0 atom stereocenters. The number of carbonyl (C=O) groups excluding carboxylic acids is 1. The summed E-state index contributed by atoms with van der Waals surface area (Å²) in [4.78, 5) is 19.9. The van der Waals surface area contributed by atoms with Gasteiger partial charge < -0.3 is 24.9 Å². The molecule has 0 saturated carbocycles. The molecule has 154 valence electrons. The zero-order valence-electron chi connectivity index (χ0n) is 18.7. The van der Waals surface area contributed by atoms with Crippen molar-refractivity contribution in [2.45, 2.75) is 6.50 Å². The molecule has 0 unspecified atom stereocenters. The molecule has 3 heterocycles. The summed E-state index contributed by atoms with van der Waals surface area (Å²) in [7, 11) is 1.57. The van der Waals surface area contributed by atoms with Gasteiger partial charge in [0.15, 0.2) is 0 Å². The number of H-pyrrole nitrogens is 1. The lowest BCUT2D eigenvalue weighted by atomic mass is 10.2. The van der Waals surface area contributed by atoms with Crippen LogP contribution in [0.15, 0.2) is 79.3 Å². The van der Waals surface area contributed by atoms with Gasteiger partial charge in [-0.1, -0.05) is 12.1 Å². The lowest BCUT2D eigenvalue weighted by Gasteiger charge is -2.11. The molecule has 2 aromatic carbocycles. The summed E-state index contributed by atoms with van der Waals surface area (Å²) in [5.74, 6) is 0.641. The number of rotatable bonds is 5. The van der Waals surface area contributed by atoms with Gasteiger partial charge in [-0.25, -0.2) is 9.78 Å². The third kappa shape index (κ3) is 3.69. The van der Waals surface area contributed by atoms with Gasteiger partial charge in [-0.2, -0.15) is 0 Å². The Hall–Kier alpha value is -4.26. The van der Waals surface area contributed by atoms with Gasteiger partial charge in [-0.3, -0.25) is 0 Å². The minimum Gasteiger partial charge on any atom is -0.497 e. The largest absolute Gasteiger partial charge is 0.497 e. The Balaban J connectivity index is 1.47. The lowest BCUT2D eigenvalue weighted by Crippen LogP contribution is -2.19. The molecule has 0 radical (unpaired) electrons. The van der Waals surface area contributed by atoms with E-state index in [1.54, 1.807) is 78.8 Å². The fraction of sp³-hybridized carbons (Fsp3) is 0.0833. The van der Waals surface area contributed by atoms with Crippen LogP contribution >= 0.6 is 0 Å². The van der Waals surface area contributed by atoms with Crippen molar-refractivity contribution in [3.05, 3.63) is 84.8 Å². The van der Waals surface area contributed by atoms with Gasteiger partial charge in [0.1, 0.15) is 11.4 Å². The number of hydrogen-bond acceptors (Lipinski definition) is 3. The number of carbonyl (C=O) groups is 1. The van der Waals surface area contributed by atoms with Crippen molar-refractivity contribution in [1.29, 1.82) is 0 Å². The van der Waals surface area contributed by atoms with Crippen molar-refractivity contribution >= 4 is 39.3 Å². The summed E-state index contributed by atoms with van der Waals surface area (Å²) in [6.45, 7) is -1.84. The Kier molecular flexibility index (Phi) is 4.20. The summed E-state index contributed by atoms with van der Waals surface area (Å²) in [6.07, 6.45) is 5.02. The average Bonchev–Trinajstić information content (AvgIpc) is 3.47. The molecule has 5 rings (SSSR count). The van der Waals surface area contributed by atoms with E-state index in [0.717, 1.165) is 10.8 Å². The molecule has 0 bridgehead atoms. The molecule has 7 heteroatoms. The number of amides is 2. The molecule has 0 aliphatic heterocycles. The van der Waals surface area contributed by atoms with E-state index >= 15 is 0 Å². The molecule has 7 nitrogen and oxygen atoms in total. The third-order valence-corrected chi connectivity index (χ3v) is 5.01. The zero-order chi connectivity index (χ0) is 23.0. The number of hydrogen-bond donors (Lipinski definition) is 3. The summed E-state index contributed by atoms with van der Waals surface area (Å²) in [5.41, 5.74) is 2.95. The van der Waals surface area contributed by atoms with Crippen LogP contribution in [0.25, 0.3) is 21.9 Å². The highest BCUT2D eigenvalue weighted by Crippen LogP contribution is 2.27. The van der Waals surface area contributed by atoms with Gasteiger partial charge in [0, 0.05) is 47.6 Å². The maximum Gasteiger partial charge on any atom is 0.323 e. The molecule has 0 fully saturated rings. The van der Waals surface area contributed by atoms with Crippen molar-refractivity contribution in [1.82, 2.24) is 14.5 Å². The number of fused-ring (bicyclic) bond motifs is 2. The summed E-state index contributed by atoms with van der Waals surface area (Å²) >= 11 is 0. The smallest absolute Gasteiger partial charge is 0.323 e. The SMILES string of the molecule is [2H]C([2H])(c1ccnc2[nH]ccc12)n1ccc2c(NC(=O)Nc3cccc(OC)c3)cccc21. The second-order valence-corrected chi connectivity index (χ2v) is 6.95. The first-order valence-corrected chi connectivity index (χ1v) is 9.72. The Morgan fingerprint density at radius 2 is 2.03 bits per heavy atom. The minimum atomic E-state index is -1.84. The van der Waals surface area contributed by atoms with Crippen LogP contribution in [0.2, 0.25) is 0 Å². The highest BCUT2D eigenvalue weighted by atomic mass is 16.5. The van der Waals surface area contributed by atoms with Crippen LogP contribution < -0.4 is 15.4 Å². The molecule has 3 aromatic heterocycles. The maximum atomic E-state index is 12.6. The van der Waals surface area contributed by atoms with Gasteiger partial charge in [-0.15, -0.1) is 0 Å². The lowest BCUT2D eigenvalue weighted by molar-refractivity contribution is 0.262.